The first-order valence-corrected chi connectivity index (χ1v) is 12.0. The average Bonchev–Trinajstić information content (AvgIpc) is 3.58. The maximum atomic E-state index is 13.1. The largest absolute Gasteiger partial charge is 0.508 e. The van der Waals surface area contributed by atoms with E-state index in [9.17, 15) is 19.8 Å². The minimum Gasteiger partial charge on any atom is -0.508 e. The molecule has 3 aromatic carbocycles. The number of phenolic OH excluding ortho intramolecular Hbond substituents is 1. The standard InChI is InChI=1S/C29H22ClNO7/c30-23-6-3-20(4-7-23)21-5-10-26-22(14-21)15-27(37-26)29(35)38-31(16-19-11-12-36-17-19)25(28(33)34)13-18-1-8-24(32)9-2-18/h1-12,14-15,17,25,32H,13,16H2,(H,33,34)/t25-/m0/s1. The van der Waals surface area contributed by atoms with Crippen molar-refractivity contribution >= 4 is 34.5 Å². The van der Waals surface area contributed by atoms with E-state index in [1.807, 2.05) is 24.3 Å². The molecule has 0 amide bonds. The van der Waals surface area contributed by atoms with Gasteiger partial charge >= 0.3 is 11.9 Å². The molecule has 5 aromatic rings. The van der Waals surface area contributed by atoms with Crippen molar-refractivity contribution in [2.24, 2.45) is 0 Å². The van der Waals surface area contributed by atoms with Crippen LogP contribution < -0.4 is 0 Å². The molecule has 0 spiro atoms. The number of hydrogen-bond donors (Lipinski definition) is 2. The summed E-state index contributed by atoms with van der Waals surface area (Å²) in [7, 11) is 0. The summed E-state index contributed by atoms with van der Waals surface area (Å²) in [6, 6.07) is 21.0. The van der Waals surface area contributed by atoms with Crippen molar-refractivity contribution in [3.63, 3.8) is 0 Å². The summed E-state index contributed by atoms with van der Waals surface area (Å²) in [6.07, 6.45) is 2.91. The predicted molar refractivity (Wildman–Crippen MR) is 140 cm³/mol. The van der Waals surface area contributed by atoms with Crippen LogP contribution in [0.15, 0.2) is 100 Å². The maximum absolute atomic E-state index is 13.1. The second-order valence-electron chi connectivity index (χ2n) is 8.68. The number of rotatable bonds is 9. The lowest BCUT2D eigenvalue weighted by Gasteiger charge is -2.26. The number of aliphatic carboxylic acids is 1. The number of aromatic hydroxyl groups is 1. The van der Waals surface area contributed by atoms with Crippen LogP contribution in [0.2, 0.25) is 5.02 Å². The van der Waals surface area contributed by atoms with Crippen LogP contribution in [0, 0.1) is 0 Å². The van der Waals surface area contributed by atoms with Gasteiger partial charge in [-0.05, 0) is 65.2 Å². The van der Waals surface area contributed by atoms with E-state index < -0.39 is 18.0 Å². The van der Waals surface area contributed by atoms with Crippen molar-refractivity contribution in [1.82, 2.24) is 5.06 Å². The van der Waals surface area contributed by atoms with E-state index in [4.69, 9.17) is 25.3 Å². The van der Waals surface area contributed by atoms with Gasteiger partial charge in [0.05, 0.1) is 19.1 Å². The Balaban J connectivity index is 1.41. The summed E-state index contributed by atoms with van der Waals surface area (Å²) in [5, 5.41) is 22.0. The van der Waals surface area contributed by atoms with Gasteiger partial charge in [-0.25, -0.2) is 4.79 Å². The van der Waals surface area contributed by atoms with Gasteiger partial charge in [0.15, 0.2) is 0 Å². The highest BCUT2D eigenvalue weighted by Gasteiger charge is 2.31. The monoisotopic (exact) mass is 531 g/mol. The van der Waals surface area contributed by atoms with Crippen LogP contribution in [0.25, 0.3) is 22.1 Å². The van der Waals surface area contributed by atoms with Gasteiger partial charge in [0.25, 0.3) is 0 Å². The highest BCUT2D eigenvalue weighted by Crippen LogP contribution is 2.28. The van der Waals surface area contributed by atoms with Crippen LogP contribution in [0.4, 0.5) is 0 Å². The molecule has 38 heavy (non-hydrogen) atoms. The molecule has 2 aromatic heterocycles. The van der Waals surface area contributed by atoms with Crippen LogP contribution in [0.5, 0.6) is 5.75 Å². The topological polar surface area (TPSA) is 113 Å². The van der Waals surface area contributed by atoms with Crippen molar-refractivity contribution in [2.75, 3.05) is 0 Å². The molecular formula is C29H22ClNO7. The molecule has 0 saturated carbocycles. The molecule has 0 bridgehead atoms. The van der Waals surface area contributed by atoms with Gasteiger partial charge in [0, 0.05) is 22.4 Å². The lowest BCUT2D eigenvalue weighted by atomic mass is 10.0. The quantitative estimate of drug-likeness (QED) is 0.212. The minimum absolute atomic E-state index is 0.0192. The van der Waals surface area contributed by atoms with Crippen LogP contribution in [-0.2, 0) is 22.6 Å². The Kier molecular flexibility index (Phi) is 7.17. The first-order valence-electron chi connectivity index (χ1n) is 11.7. The normalized spacial score (nSPS) is 12.1. The number of halogens is 1. The Morgan fingerprint density at radius 1 is 0.921 bits per heavy atom. The molecule has 0 aliphatic rings. The summed E-state index contributed by atoms with van der Waals surface area (Å²) in [6.45, 7) is -0.0295. The van der Waals surface area contributed by atoms with Crippen LogP contribution in [0.3, 0.4) is 0 Å². The van der Waals surface area contributed by atoms with Gasteiger partial charge < -0.3 is 23.9 Å². The lowest BCUT2D eigenvalue weighted by Crippen LogP contribution is -2.43. The zero-order chi connectivity index (χ0) is 26.6. The Morgan fingerprint density at radius 2 is 1.66 bits per heavy atom. The third-order valence-electron chi connectivity index (χ3n) is 6.01. The molecule has 0 aliphatic carbocycles. The number of carboxylic acid groups (broad SMARTS) is 1. The molecule has 9 heteroatoms. The van der Waals surface area contributed by atoms with Crippen molar-refractivity contribution in [3.8, 4) is 16.9 Å². The summed E-state index contributed by atoms with van der Waals surface area (Å²) < 4.78 is 10.8. The van der Waals surface area contributed by atoms with Crippen molar-refractivity contribution < 1.29 is 33.5 Å². The first kappa shape index (κ1) is 25.1. The number of carbonyl (C=O) groups excluding carboxylic acids is 1. The number of carbonyl (C=O) groups is 2. The van der Waals surface area contributed by atoms with Crippen LogP contribution in [0.1, 0.15) is 21.7 Å². The number of benzene rings is 3. The first-order chi connectivity index (χ1) is 18.4. The van der Waals surface area contributed by atoms with Crippen molar-refractivity contribution in [3.05, 3.63) is 113 Å². The predicted octanol–water partition coefficient (Wildman–Crippen LogP) is 6.32. The number of hydroxylamine groups is 2. The van der Waals surface area contributed by atoms with E-state index in [-0.39, 0.29) is 24.5 Å². The van der Waals surface area contributed by atoms with E-state index in [1.54, 1.807) is 42.5 Å². The Hall–Kier alpha value is -4.53. The SMILES string of the molecule is O=C(ON(Cc1ccoc1)[C@@H](Cc1ccc(O)cc1)C(=O)O)c1cc2cc(-c3ccc(Cl)cc3)ccc2o1. The second kappa shape index (κ2) is 10.8. The number of carboxylic acids is 1. The van der Waals surface area contributed by atoms with Gasteiger partial charge in [-0.2, -0.15) is 0 Å². The second-order valence-corrected chi connectivity index (χ2v) is 9.12. The molecule has 0 fully saturated rings. The Morgan fingerprint density at radius 3 is 2.34 bits per heavy atom. The third-order valence-corrected chi connectivity index (χ3v) is 6.26. The fourth-order valence-corrected chi connectivity index (χ4v) is 4.18. The molecule has 192 valence electrons. The zero-order valence-corrected chi connectivity index (χ0v) is 20.7. The molecule has 1 atom stereocenters. The summed E-state index contributed by atoms with van der Waals surface area (Å²) >= 11 is 5.99. The fraction of sp³-hybridized carbons (Fsp3) is 0.103. The molecule has 2 N–H and O–H groups in total. The van der Waals surface area contributed by atoms with E-state index in [0.717, 1.165) is 16.2 Å². The highest BCUT2D eigenvalue weighted by molar-refractivity contribution is 6.30. The molecular weight excluding hydrogens is 510 g/mol. The number of phenols is 1. The van der Waals surface area contributed by atoms with Gasteiger partial charge in [-0.3, -0.25) is 4.79 Å². The summed E-state index contributed by atoms with van der Waals surface area (Å²) in [4.78, 5) is 31.0. The number of nitrogens with zero attached hydrogens (tertiary/aromatic N) is 1. The molecule has 0 unspecified atom stereocenters. The summed E-state index contributed by atoms with van der Waals surface area (Å²) in [5.41, 5.74) is 3.60. The number of hydrogen-bond acceptors (Lipinski definition) is 7. The average molecular weight is 532 g/mol. The molecule has 2 heterocycles. The highest BCUT2D eigenvalue weighted by atomic mass is 35.5. The maximum Gasteiger partial charge on any atom is 0.393 e. The Labute approximate surface area is 222 Å². The Bertz CT molecular complexity index is 1560. The van der Waals surface area contributed by atoms with Crippen molar-refractivity contribution in [2.45, 2.75) is 19.0 Å². The molecule has 0 saturated heterocycles. The van der Waals surface area contributed by atoms with Crippen LogP contribution >= 0.6 is 11.6 Å². The van der Waals surface area contributed by atoms with Gasteiger partial charge in [-0.1, -0.05) is 41.9 Å². The molecule has 5 rings (SSSR count). The lowest BCUT2D eigenvalue weighted by molar-refractivity contribution is -0.175. The van der Waals surface area contributed by atoms with Crippen LogP contribution in [-0.4, -0.2) is 33.3 Å². The fourth-order valence-electron chi connectivity index (χ4n) is 4.05. The molecule has 8 nitrogen and oxygen atoms in total. The van der Waals surface area contributed by atoms with E-state index in [2.05, 4.69) is 0 Å². The van der Waals surface area contributed by atoms with Gasteiger partial charge in [0.1, 0.15) is 17.4 Å². The van der Waals surface area contributed by atoms with Gasteiger partial charge in [0.2, 0.25) is 5.76 Å². The zero-order valence-electron chi connectivity index (χ0n) is 19.9. The molecule has 0 aliphatic heterocycles. The number of furan rings is 2. The van der Waals surface area contributed by atoms with E-state index in [1.165, 1.54) is 24.7 Å². The number of fused-ring (bicyclic) bond motifs is 1. The smallest absolute Gasteiger partial charge is 0.393 e. The minimum atomic E-state index is -1.22. The van der Waals surface area contributed by atoms with Gasteiger partial charge in [-0.15, -0.1) is 5.06 Å². The van der Waals surface area contributed by atoms with E-state index in [0.29, 0.717) is 27.1 Å². The van der Waals surface area contributed by atoms with E-state index >= 15 is 0 Å². The third kappa shape index (κ3) is 5.72. The molecule has 0 radical (unpaired) electrons. The van der Waals surface area contributed by atoms with Crippen molar-refractivity contribution in [1.29, 1.82) is 0 Å². The summed E-state index contributed by atoms with van der Waals surface area (Å²) in [5.74, 6) is -2.04.